The maximum Gasteiger partial charge on any atom is 0.421 e. The predicted molar refractivity (Wildman–Crippen MR) is 128 cm³/mol. The molecule has 5 nitrogen and oxygen atoms in total. The number of imide groups is 1. The molecule has 0 aliphatic carbocycles. The average Bonchev–Trinajstić information content (AvgIpc) is 3.02. The Bertz CT molecular complexity index is 1160. The normalized spacial score (nSPS) is 17.6. The molecular weight excluding hydrogens is 400 g/mol. The first-order chi connectivity index (χ1) is 15.3. The van der Waals surface area contributed by atoms with Crippen LogP contribution >= 0.6 is 0 Å². The summed E-state index contributed by atoms with van der Waals surface area (Å²) in [6.45, 7) is 9.13. The minimum atomic E-state index is -1.29. The number of carbonyl (C=O) groups is 2. The highest BCUT2D eigenvalue weighted by molar-refractivity contribution is 6.23. The van der Waals surface area contributed by atoms with Crippen LogP contribution in [0.25, 0.3) is 6.08 Å². The van der Waals surface area contributed by atoms with Crippen LogP contribution in [0.4, 0.5) is 16.2 Å². The lowest BCUT2D eigenvalue weighted by molar-refractivity contribution is -0.120. The van der Waals surface area contributed by atoms with Crippen LogP contribution in [0.1, 0.15) is 37.5 Å². The van der Waals surface area contributed by atoms with E-state index in [4.69, 9.17) is 4.74 Å². The van der Waals surface area contributed by atoms with Crippen molar-refractivity contribution in [1.29, 1.82) is 0 Å². The van der Waals surface area contributed by atoms with Gasteiger partial charge in [0.05, 0.1) is 5.69 Å². The number of rotatable bonds is 4. The van der Waals surface area contributed by atoms with Crippen LogP contribution in [-0.4, -0.2) is 17.6 Å². The van der Waals surface area contributed by atoms with E-state index in [-0.39, 0.29) is 0 Å². The molecule has 0 radical (unpaired) electrons. The molecule has 1 aliphatic rings. The van der Waals surface area contributed by atoms with Crippen LogP contribution in [0.3, 0.4) is 0 Å². The van der Waals surface area contributed by atoms with Gasteiger partial charge in [-0.05, 0) is 50.1 Å². The van der Waals surface area contributed by atoms with Crippen molar-refractivity contribution in [3.63, 3.8) is 0 Å². The van der Waals surface area contributed by atoms with Crippen LogP contribution < -0.4 is 10.2 Å². The van der Waals surface area contributed by atoms with Crippen LogP contribution in [0.5, 0.6) is 0 Å². The van der Waals surface area contributed by atoms with Crippen molar-refractivity contribution in [3.05, 3.63) is 102 Å². The molecule has 0 unspecified atom stereocenters. The highest BCUT2D eigenvalue weighted by Gasteiger charge is 2.55. The van der Waals surface area contributed by atoms with Gasteiger partial charge >= 0.3 is 6.09 Å². The lowest BCUT2D eigenvalue weighted by Crippen LogP contribution is -2.49. The summed E-state index contributed by atoms with van der Waals surface area (Å²) in [6.07, 6.45) is 1.06. The third-order valence-electron chi connectivity index (χ3n) is 5.33. The number of amides is 2. The van der Waals surface area contributed by atoms with Gasteiger partial charge in [0.1, 0.15) is 5.60 Å². The highest BCUT2D eigenvalue weighted by atomic mass is 16.6. The zero-order valence-corrected chi connectivity index (χ0v) is 18.5. The first-order valence-electron chi connectivity index (χ1n) is 10.5. The first-order valence-corrected chi connectivity index (χ1v) is 10.5. The monoisotopic (exact) mass is 426 g/mol. The number of nitrogens with one attached hydrogen (secondary N) is 1. The molecule has 0 saturated heterocycles. The van der Waals surface area contributed by atoms with Gasteiger partial charge in [0.2, 0.25) is 0 Å². The summed E-state index contributed by atoms with van der Waals surface area (Å²) in [6, 6.07) is 24.4. The van der Waals surface area contributed by atoms with Crippen molar-refractivity contribution in [3.8, 4) is 0 Å². The second kappa shape index (κ2) is 8.00. The van der Waals surface area contributed by atoms with E-state index in [1.807, 2.05) is 72.8 Å². The molecule has 1 atom stereocenters. The topological polar surface area (TPSA) is 58.6 Å². The van der Waals surface area contributed by atoms with Gasteiger partial charge in [0, 0.05) is 11.3 Å². The van der Waals surface area contributed by atoms with Gasteiger partial charge in [0.25, 0.3) is 5.91 Å². The molecule has 4 rings (SSSR count). The number of anilines is 2. The molecular formula is C27H26N2O3. The van der Waals surface area contributed by atoms with Crippen molar-refractivity contribution in [2.45, 2.75) is 31.9 Å². The zero-order valence-electron chi connectivity index (χ0n) is 18.5. The Hall–Kier alpha value is -3.86. The lowest BCUT2D eigenvalue weighted by atomic mass is 9.83. The summed E-state index contributed by atoms with van der Waals surface area (Å²) in [4.78, 5) is 28.4. The number of hydrogen-bond acceptors (Lipinski definition) is 4. The standard InChI is InChI=1S/C27H26N2O3/c1-5-19-15-17-21(18-16-19)28-27(20-11-7-6-8-12-20)22-13-9-10-14-23(22)29(24(27)30)25(31)32-26(2,3)4/h5-18,28H,1H2,2-4H3/t27-/m1/s1. The second-order valence-corrected chi connectivity index (χ2v) is 8.71. The average molecular weight is 427 g/mol. The molecule has 0 aromatic heterocycles. The van der Waals surface area contributed by atoms with Crippen molar-refractivity contribution in [1.82, 2.24) is 0 Å². The Morgan fingerprint density at radius 2 is 1.59 bits per heavy atom. The van der Waals surface area contributed by atoms with E-state index < -0.39 is 23.1 Å². The molecule has 1 N–H and O–H groups in total. The first kappa shape index (κ1) is 21.4. The molecule has 0 bridgehead atoms. The molecule has 3 aromatic rings. The van der Waals surface area contributed by atoms with Crippen molar-refractivity contribution in [2.24, 2.45) is 0 Å². The van der Waals surface area contributed by atoms with Gasteiger partial charge in [-0.25, -0.2) is 9.69 Å². The number of ether oxygens (including phenoxy) is 1. The maximum atomic E-state index is 14.1. The summed E-state index contributed by atoms with van der Waals surface area (Å²) in [5.74, 6) is -0.410. The zero-order chi connectivity index (χ0) is 22.9. The van der Waals surface area contributed by atoms with E-state index in [1.54, 1.807) is 32.9 Å². The number of carbonyl (C=O) groups excluding carboxylic acids is 2. The SMILES string of the molecule is C=Cc1ccc(N[C@@]2(c3ccccc3)C(=O)N(C(=O)OC(C)(C)C)c3ccccc32)cc1. The fraction of sp³-hybridized carbons (Fsp3) is 0.185. The molecule has 3 aromatic carbocycles. The second-order valence-electron chi connectivity index (χ2n) is 8.71. The van der Waals surface area contributed by atoms with Crippen LogP contribution in [0.2, 0.25) is 0 Å². The Kier molecular flexibility index (Phi) is 5.35. The Morgan fingerprint density at radius 1 is 0.969 bits per heavy atom. The summed E-state index contributed by atoms with van der Waals surface area (Å²) in [7, 11) is 0. The van der Waals surface area contributed by atoms with E-state index in [1.165, 1.54) is 0 Å². The predicted octanol–water partition coefficient (Wildman–Crippen LogP) is 5.97. The number of para-hydroxylation sites is 1. The van der Waals surface area contributed by atoms with E-state index in [0.29, 0.717) is 11.3 Å². The fourth-order valence-corrected chi connectivity index (χ4v) is 3.95. The van der Waals surface area contributed by atoms with E-state index >= 15 is 0 Å². The van der Waals surface area contributed by atoms with Gasteiger partial charge in [-0.1, -0.05) is 73.3 Å². The summed E-state index contributed by atoms with van der Waals surface area (Å²) in [5, 5.41) is 3.44. The van der Waals surface area contributed by atoms with E-state index in [9.17, 15) is 9.59 Å². The quantitative estimate of drug-likeness (QED) is 0.559. The lowest BCUT2D eigenvalue weighted by Gasteiger charge is -2.32. The molecule has 0 fully saturated rings. The van der Waals surface area contributed by atoms with Crippen LogP contribution in [-0.2, 0) is 15.1 Å². The molecule has 2 amide bonds. The third-order valence-corrected chi connectivity index (χ3v) is 5.33. The Balaban J connectivity index is 1.90. The van der Waals surface area contributed by atoms with Crippen molar-refractivity contribution in [2.75, 3.05) is 10.2 Å². The fourth-order valence-electron chi connectivity index (χ4n) is 3.95. The molecule has 0 saturated carbocycles. The number of nitrogens with zero attached hydrogens (tertiary/aromatic N) is 1. The van der Waals surface area contributed by atoms with Gasteiger partial charge < -0.3 is 10.1 Å². The minimum Gasteiger partial charge on any atom is -0.443 e. The van der Waals surface area contributed by atoms with Gasteiger partial charge in [-0.3, -0.25) is 4.79 Å². The largest absolute Gasteiger partial charge is 0.443 e. The van der Waals surface area contributed by atoms with Crippen molar-refractivity contribution >= 4 is 29.5 Å². The summed E-state index contributed by atoms with van der Waals surface area (Å²) < 4.78 is 5.59. The van der Waals surface area contributed by atoms with Crippen LogP contribution in [0, 0.1) is 0 Å². The smallest absolute Gasteiger partial charge is 0.421 e. The maximum absolute atomic E-state index is 14.1. The highest BCUT2D eigenvalue weighted by Crippen LogP contribution is 2.47. The van der Waals surface area contributed by atoms with Gasteiger partial charge in [-0.15, -0.1) is 0 Å². The van der Waals surface area contributed by atoms with E-state index in [2.05, 4.69) is 11.9 Å². The molecule has 162 valence electrons. The molecule has 5 heteroatoms. The molecule has 0 spiro atoms. The minimum absolute atomic E-state index is 0.410. The van der Waals surface area contributed by atoms with E-state index in [0.717, 1.165) is 21.7 Å². The number of hydrogen-bond donors (Lipinski definition) is 1. The van der Waals surface area contributed by atoms with Gasteiger partial charge in [-0.2, -0.15) is 0 Å². The number of benzene rings is 3. The van der Waals surface area contributed by atoms with Crippen LogP contribution in [0.15, 0.2) is 85.4 Å². The summed E-state index contributed by atoms with van der Waals surface area (Å²) in [5.41, 5.74) is 1.62. The summed E-state index contributed by atoms with van der Waals surface area (Å²) >= 11 is 0. The molecule has 1 heterocycles. The Morgan fingerprint density at radius 3 is 2.22 bits per heavy atom. The Labute approximate surface area is 188 Å². The third kappa shape index (κ3) is 3.66. The molecule has 1 aliphatic heterocycles. The number of fused-ring (bicyclic) bond motifs is 1. The molecule has 32 heavy (non-hydrogen) atoms. The van der Waals surface area contributed by atoms with Gasteiger partial charge in [0.15, 0.2) is 5.54 Å². The van der Waals surface area contributed by atoms with Crippen molar-refractivity contribution < 1.29 is 14.3 Å².